The number of benzene rings is 2. The van der Waals surface area contributed by atoms with E-state index in [9.17, 15) is 14.4 Å². The first-order valence-corrected chi connectivity index (χ1v) is 13.4. The molecule has 214 valence electrons. The molecule has 0 aliphatic rings. The number of carbonyl (C=O) groups excluding carboxylic acids is 3. The molecule has 2 rings (SSSR count). The first-order valence-electron chi connectivity index (χ1n) is 13.4. The van der Waals surface area contributed by atoms with Crippen LogP contribution in [0.15, 0.2) is 60.7 Å². The topological polar surface area (TPSA) is 78.9 Å². The minimum atomic E-state index is -0.732. The van der Waals surface area contributed by atoms with E-state index in [1.54, 1.807) is 79.0 Å². The second-order valence-corrected chi connectivity index (χ2v) is 11.5. The largest absolute Gasteiger partial charge is 0.496 e. The molecule has 0 fully saturated rings. The van der Waals surface area contributed by atoms with Gasteiger partial charge in [0, 0.05) is 5.56 Å². The molecule has 0 bridgehead atoms. The molecular formula is C34H42O6. The van der Waals surface area contributed by atoms with Gasteiger partial charge in [0.05, 0.1) is 23.5 Å². The zero-order valence-corrected chi connectivity index (χ0v) is 25.2. The van der Waals surface area contributed by atoms with E-state index in [4.69, 9.17) is 14.2 Å². The zero-order chi connectivity index (χ0) is 30.1. The summed E-state index contributed by atoms with van der Waals surface area (Å²) in [5.41, 5.74) is 1.28. The highest BCUT2D eigenvalue weighted by molar-refractivity contribution is 6.07. The highest BCUT2D eigenvalue weighted by atomic mass is 16.5. The van der Waals surface area contributed by atoms with Crippen LogP contribution in [-0.2, 0) is 22.4 Å². The summed E-state index contributed by atoms with van der Waals surface area (Å²) in [5, 5.41) is 0. The molecule has 0 saturated heterocycles. The quantitative estimate of drug-likeness (QED) is 0.0997. The van der Waals surface area contributed by atoms with E-state index in [0.717, 1.165) is 11.1 Å². The Balaban J connectivity index is 2.57. The Hall–Kier alpha value is -3.93. The van der Waals surface area contributed by atoms with Crippen molar-refractivity contribution < 1.29 is 28.6 Å². The lowest BCUT2D eigenvalue weighted by molar-refractivity contribution is -0.143. The SMILES string of the molecule is C/C=C/Cc1cc(C/C=C/C)c(OC(=O)C(C)(C)C)c(/C=C/C(=O)c2ccc(OC(=O)C(C)(C)C)cc2)c1OC. The number of carbonyl (C=O) groups is 3. The molecule has 0 aromatic heterocycles. The van der Waals surface area contributed by atoms with E-state index in [2.05, 4.69) is 0 Å². The van der Waals surface area contributed by atoms with Gasteiger partial charge in [-0.3, -0.25) is 14.4 Å². The molecule has 0 unspecified atom stereocenters. The number of esters is 2. The fourth-order valence-electron chi connectivity index (χ4n) is 3.54. The average molecular weight is 547 g/mol. The predicted octanol–water partition coefficient (Wildman–Crippen LogP) is 7.73. The summed E-state index contributed by atoms with van der Waals surface area (Å²) < 4.78 is 17.2. The third kappa shape index (κ3) is 8.80. The lowest BCUT2D eigenvalue weighted by Crippen LogP contribution is -2.26. The normalized spacial score (nSPS) is 12.3. The van der Waals surface area contributed by atoms with Crippen molar-refractivity contribution in [1.29, 1.82) is 0 Å². The van der Waals surface area contributed by atoms with Crippen LogP contribution in [-0.4, -0.2) is 24.8 Å². The van der Waals surface area contributed by atoms with Crippen LogP contribution >= 0.6 is 0 Å². The number of ether oxygens (including phenoxy) is 3. The Kier molecular flexibility index (Phi) is 11.2. The van der Waals surface area contributed by atoms with Gasteiger partial charge in [-0.25, -0.2) is 0 Å². The fourth-order valence-corrected chi connectivity index (χ4v) is 3.54. The summed E-state index contributed by atoms with van der Waals surface area (Å²) in [7, 11) is 1.56. The van der Waals surface area contributed by atoms with Crippen molar-refractivity contribution in [3.63, 3.8) is 0 Å². The van der Waals surface area contributed by atoms with Gasteiger partial charge < -0.3 is 14.2 Å². The van der Waals surface area contributed by atoms with E-state index in [1.807, 2.05) is 44.2 Å². The number of hydrogen-bond donors (Lipinski definition) is 0. The Morgan fingerprint density at radius 3 is 1.73 bits per heavy atom. The highest BCUT2D eigenvalue weighted by Gasteiger charge is 2.28. The summed E-state index contributed by atoms with van der Waals surface area (Å²) in [6.07, 6.45) is 12.1. The molecule has 0 amide bonds. The second-order valence-electron chi connectivity index (χ2n) is 11.5. The van der Waals surface area contributed by atoms with Crippen molar-refractivity contribution in [3.05, 3.63) is 83.0 Å². The summed E-state index contributed by atoms with van der Waals surface area (Å²) in [5.74, 6) is 0.253. The molecule has 0 spiro atoms. The van der Waals surface area contributed by atoms with E-state index < -0.39 is 10.8 Å². The maximum Gasteiger partial charge on any atom is 0.316 e. The molecular weight excluding hydrogens is 504 g/mol. The molecule has 0 aliphatic heterocycles. The van der Waals surface area contributed by atoms with Crippen LogP contribution in [0.25, 0.3) is 6.08 Å². The molecule has 0 atom stereocenters. The monoisotopic (exact) mass is 546 g/mol. The first kappa shape index (κ1) is 32.3. The van der Waals surface area contributed by atoms with E-state index in [0.29, 0.717) is 41.2 Å². The third-order valence-corrected chi connectivity index (χ3v) is 5.94. The number of ketones is 1. The van der Waals surface area contributed by atoms with Gasteiger partial charge >= 0.3 is 11.9 Å². The second kappa shape index (κ2) is 13.9. The molecule has 0 radical (unpaired) electrons. The minimum Gasteiger partial charge on any atom is -0.496 e. The van der Waals surface area contributed by atoms with Gasteiger partial charge in [-0.1, -0.05) is 24.3 Å². The standard InChI is InChI=1S/C34H42O6/c1-10-12-14-24-22-25(15-13-11-2)30(40-32(37)34(6,7)8)27(29(24)38-9)20-21-28(35)23-16-18-26(19-17-23)39-31(36)33(3,4)5/h10-13,16-22H,14-15H2,1-9H3/b12-10+,13-11+,21-20+. The van der Waals surface area contributed by atoms with Gasteiger partial charge in [0.25, 0.3) is 0 Å². The first-order chi connectivity index (χ1) is 18.7. The van der Waals surface area contributed by atoms with Crippen molar-refractivity contribution >= 4 is 23.8 Å². The molecule has 0 saturated carbocycles. The van der Waals surface area contributed by atoms with Crippen molar-refractivity contribution in [1.82, 2.24) is 0 Å². The number of methoxy groups -OCH3 is 1. The fraction of sp³-hybridized carbons (Fsp3) is 0.382. The van der Waals surface area contributed by atoms with Crippen molar-refractivity contribution in [2.45, 2.75) is 68.2 Å². The molecule has 6 nitrogen and oxygen atoms in total. The lowest BCUT2D eigenvalue weighted by Gasteiger charge is -2.22. The van der Waals surface area contributed by atoms with E-state index in [-0.39, 0.29) is 17.7 Å². The molecule has 40 heavy (non-hydrogen) atoms. The van der Waals surface area contributed by atoms with E-state index >= 15 is 0 Å². The Labute approximate surface area is 238 Å². The number of hydrogen-bond acceptors (Lipinski definition) is 6. The highest BCUT2D eigenvalue weighted by Crippen LogP contribution is 2.39. The Morgan fingerprint density at radius 2 is 1.25 bits per heavy atom. The Morgan fingerprint density at radius 1 is 0.750 bits per heavy atom. The van der Waals surface area contributed by atoms with Crippen LogP contribution in [0.4, 0.5) is 0 Å². The van der Waals surface area contributed by atoms with Gasteiger partial charge in [-0.05, 0) is 122 Å². The molecule has 0 aliphatic carbocycles. The van der Waals surface area contributed by atoms with Crippen LogP contribution in [0.2, 0.25) is 0 Å². The smallest absolute Gasteiger partial charge is 0.316 e. The van der Waals surface area contributed by atoms with Gasteiger partial charge in [0.1, 0.15) is 17.2 Å². The molecule has 6 heteroatoms. The van der Waals surface area contributed by atoms with Crippen LogP contribution < -0.4 is 14.2 Å². The lowest BCUT2D eigenvalue weighted by atomic mass is 9.95. The van der Waals surface area contributed by atoms with Crippen molar-refractivity contribution in [2.24, 2.45) is 10.8 Å². The van der Waals surface area contributed by atoms with Crippen LogP contribution in [0, 0.1) is 10.8 Å². The Bertz CT molecular complexity index is 1300. The van der Waals surface area contributed by atoms with Crippen molar-refractivity contribution in [2.75, 3.05) is 7.11 Å². The van der Waals surface area contributed by atoms with Gasteiger partial charge in [0.2, 0.25) is 0 Å². The molecule has 2 aromatic carbocycles. The number of rotatable bonds is 10. The molecule has 0 heterocycles. The summed E-state index contributed by atoms with van der Waals surface area (Å²) in [4.78, 5) is 38.3. The van der Waals surface area contributed by atoms with Crippen LogP contribution in [0.3, 0.4) is 0 Å². The number of allylic oxidation sites excluding steroid dienone is 5. The van der Waals surface area contributed by atoms with Crippen LogP contribution in [0.1, 0.15) is 82.4 Å². The van der Waals surface area contributed by atoms with Gasteiger partial charge in [-0.15, -0.1) is 0 Å². The average Bonchev–Trinajstić information content (AvgIpc) is 2.89. The molecule has 0 N–H and O–H groups in total. The predicted molar refractivity (Wildman–Crippen MR) is 160 cm³/mol. The maximum absolute atomic E-state index is 13.2. The maximum atomic E-state index is 13.2. The summed E-state index contributed by atoms with van der Waals surface area (Å²) in [6, 6.07) is 8.38. The molecule has 2 aromatic rings. The van der Waals surface area contributed by atoms with Crippen LogP contribution in [0.5, 0.6) is 17.2 Å². The van der Waals surface area contributed by atoms with E-state index in [1.165, 1.54) is 6.08 Å². The van der Waals surface area contributed by atoms with Crippen molar-refractivity contribution in [3.8, 4) is 17.2 Å². The minimum absolute atomic E-state index is 0.266. The summed E-state index contributed by atoms with van der Waals surface area (Å²) in [6.45, 7) is 14.6. The van der Waals surface area contributed by atoms with Gasteiger partial charge in [0.15, 0.2) is 5.78 Å². The third-order valence-electron chi connectivity index (χ3n) is 5.94. The summed E-state index contributed by atoms with van der Waals surface area (Å²) >= 11 is 0. The van der Waals surface area contributed by atoms with Gasteiger partial charge in [-0.2, -0.15) is 0 Å². The zero-order valence-electron chi connectivity index (χ0n) is 25.2.